The Kier molecular flexibility index (Phi) is 4.75. The molecule has 4 N–H and O–H groups in total. The van der Waals surface area contributed by atoms with E-state index in [4.69, 9.17) is 21.1 Å². The third kappa shape index (κ3) is 3.82. The van der Waals surface area contributed by atoms with Gasteiger partial charge in [-0.1, -0.05) is 0 Å². The molecule has 3 aromatic rings. The van der Waals surface area contributed by atoms with E-state index in [-0.39, 0.29) is 34.2 Å². The van der Waals surface area contributed by atoms with Gasteiger partial charge in [0.2, 0.25) is 5.28 Å². The van der Waals surface area contributed by atoms with Crippen LogP contribution in [0.25, 0.3) is 11.0 Å². The normalized spacial score (nSPS) is 12.3. The van der Waals surface area contributed by atoms with Crippen molar-refractivity contribution in [3.63, 3.8) is 0 Å². The third-order valence-corrected chi connectivity index (χ3v) is 3.69. The van der Waals surface area contributed by atoms with Crippen molar-refractivity contribution in [1.82, 2.24) is 20.3 Å². The van der Waals surface area contributed by atoms with Crippen LogP contribution in [0.15, 0.2) is 22.8 Å². The van der Waals surface area contributed by atoms with Crippen LogP contribution in [0.5, 0.6) is 0 Å². The molecule has 0 bridgehead atoms. The summed E-state index contributed by atoms with van der Waals surface area (Å²) in [6, 6.07) is 3.03. The predicted molar refractivity (Wildman–Crippen MR) is 89.2 cm³/mol. The molecule has 0 aliphatic carbocycles. The maximum absolute atomic E-state index is 14.8. The minimum atomic E-state index is -1.17. The highest BCUT2D eigenvalue weighted by Gasteiger charge is 2.20. The summed E-state index contributed by atoms with van der Waals surface area (Å²) in [6.45, 7) is 1.93. The molecule has 0 radical (unpaired) electrons. The average Bonchev–Trinajstić information content (AvgIpc) is 3.13. The van der Waals surface area contributed by atoms with E-state index in [1.807, 2.05) is 0 Å². The fourth-order valence-corrected chi connectivity index (χ4v) is 2.67. The van der Waals surface area contributed by atoms with Crippen LogP contribution in [0, 0.1) is 5.82 Å². The first-order chi connectivity index (χ1) is 11.9. The maximum Gasteiger partial charge on any atom is 0.404 e. The molecular formula is C15H15ClFN5O3. The van der Waals surface area contributed by atoms with Gasteiger partial charge in [-0.3, -0.25) is 0 Å². The van der Waals surface area contributed by atoms with Gasteiger partial charge in [0.1, 0.15) is 17.2 Å². The molecule has 0 fully saturated rings. The van der Waals surface area contributed by atoms with Crippen molar-refractivity contribution < 1.29 is 18.7 Å². The minimum absolute atomic E-state index is 0.0426. The first-order valence-corrected chi connectivity index (χ1v) is 7.81. The summed E-state index contributed by atoms with van der Waals surface area (Å²) in [6.07, 6.45) is 0.488. The number of aromatic amines is 1. The lowest BCUT2D eigenvalue weighted by Crippen LogP contribution is -2.32. The molecule has 1 amide bonds. The second-order valence-corrected chi connectivity index (χ2v) is 5.81. The fraction of sp³-hybridized carbons (Fsp3) is 0.267. The molecule has 3 rings (SSSR count). The largest absolute Gasteiger partial charge is 0.467 e. The number of nitrogens with one attached hydrogen (secondary N) is 3. The number of aromatic nitrogens is 3. The number of rotatable bonds is 6. The Labute approximate surface area is 146 Å². The smallest absolute Gasteiger partial charge is 0.404 e. The van der Waals surface area contributed by atoms with Gasteiger partial charge in [-0.05, 0) is 30.7 Å². The molecule has 8 nitrogen and oxygen atoms in total. The summed E-state index contributed by atoms with van der Waals surface area (Å²) in [5, 5.41) is 14.1. The van der Waals surface area contributed by atoms with E-state index in [1.165, 1.54) is 6.26 Å². The average molecular weight is 368 g/mol. The number of fused-ring (bicyclic) bond motifs is 1. The fourth-order valence-electron chi connectivity index (χ4n) is 2.50. The summed E-state index contributed by atoms with van der Waals surface area (Å²) in [5.74, 6) is 0.330. The van der Waals surface area contributed by atoms with Gasteiger partial charge in [0.25, 0.3) is 0 Å². The van der Waals surface area contributed by atoms with Crippen molar-refractivity contribution in [2.45, 2.75) is 25.9 Å². The zero-order chi connectivity index (χ0) is 18.0. The molecule has 3 aromatic heterocycles. The van der Waals surface area contributed by atoms with Gasteiger partial charge >= 0.3 is 6.09 Å². The van der Waals surface area contributed by atoms with E-state index in [2.05, 4.69) is 25.6 Å². The number of anilines is 1. The second-order valence-electron chi connectivity index (χ2n) is 5.47. The van der Waals surface area contributed by atoms with Gasteiger partial charge in [0.15, 0.2) is 5.82 Å². The zero-order valence-corrected chi connectivity index (χ0v) is 13.9. The summed E-state index contributed by atoms with van der Waals surface area (Å²) in [4.78, 5) is 21.5. The Morgan fingerprint density at radius 1 is 1.52 bits per heavy atom. The SMILES string of the molecule is C[C@@H](Cc1[nH]c2nc(Cl)nc(NCc3ccco3)c2c1F)NC(=O)O. The first kappa shape index (κ1) is 17.0. The van der Waals surface area contributed by atoms with Gasteiger partial charge in [0.05, 0.1) is 23.9 Å². The predicted octanol–water partition coefficient (Wildman–Crippen LogP) is 3.15. The van der Waals surface area contributed by atoms with Crippen LogP contribution >= 0.6 is 11.6 Å². The highest BCUT2D eigenvalue weighted by Crippen LogP contribution is 2.28. The van der Waals surface area contributed by atoms with Crippen LogP contribution in [0.2, 0.25) is 5.28 Å². The first-order valence-electron chi connectivity index (χ1n) is 7.43. The number of furan rings is 1. The van der Waals surface area contributed by atoms with Crippen LogP contribution in [0.3, 0.4) is 0 Å². The molecule has 0 saturated heterocycles. The van der Waals surface area contributed by atoms with Crippen molar-refractivity contribution in [3.05, 3.63) is 41.0 Å². The minimum Gasteiger partial charge on any atom is -0.467 e. The Balaban J connectivity index is 1.90. The molecule has 0 aromatic carbocycles. The number of amides is 1. The van der Waals surface area contributed by atoms with E-state index in [1.54, 1.807) is 19.1 Å². The van der Waals surface area contributed by atoms with E-state index in [0.717, 1.165) is 0 Å². The zero-order valence-electron chi connectivity index (χ0n) is 13.1. The van der Waals surface area contributed by atoms with Gasteiger partial charge in [-0.15, -0.1) is 0 Å². The summed E-state index contributed by atoms with van der Waals surface area (Å²) in [5.41, 5.74) is 0.450. The number of nitrogens with zero attached hydrogens (tertiary/aromatic N) is 2. The van der Waals surface area contributed by atoms with Crippen LogP contribution in [0.4, 0.5) is 15.0 Å². The van der Waals surface area contributed by atoms with Crippen molar-refractivity contribution in [1.29, 1.82) is 0 Å². The van der Waals surface area contributed by atoms with Crippen molar-refractivity contribution in [2.75, 3.05) is 5.32 Å². The van der Waals surface area contributed by atoms with Gasteiger partial charge in [0, 0.05) is 12.5 Å². The van der Waals surface area contributed by atoms with Crippen molar-refractivity contribution in [3.8, 4) is 0 Å². The van der Waals surface area contributed by atoms with Gasteiger partial charge in [-0.2, -0.15) is 9.97 Å². The van der Waals surface area contributed by atoms with Gasteiger partial charge in [-0.25, -0.2) is 9.18 Å². The van der Waals surface area contributed by atoms with E-state index in [9.17, 15) is 9.18 Å². The summed E-state index contributed by atoms with van der Waals surface area (Å²) in [7, 11) is 0. The molecule has 3 heterocycles. The van der Waals surface area contributed by atoms with Crippen LogP contribution < -0.4 is 10.6 Å². The number of hydrogen-bond acceptors (Lipinski definition) is 5. The molecule has 1 atom stereocenters. The molecule has 132 valence electrons. The van der Waals surface area contributed by atoms with Crippen molar-refractivity contribution >= 4 is 34.5 Å². The lowest BCUT2D eigenvalue weighted by Gasteiger charge is -2.09. The summed E-state index contributed by atoms with van der Waals surface area (Å²) >= 11 is 5.90. The van der Waals surface area contributed by atoms with E-state index >= 15 is 0 Å². The Morgan fingerprint density at radius 3 is 3.00 bits per heavy atom. The number of carboxylic acid groups (broad SMARTS) is 1. The van der Waals surface area contributed by atoms with Crippen LogP contribution in [-0.2, 0) is 13.0 Å². The molecule has 0 saturated carbocycles. The molecule has 0 unspecified atom stereocenters. The Bertz CT molecular complexity index is 896. The molecule has 0 spiro atoms. The van der Waals surface area contributed by atoms with Crippen LogP contribution in [-0.4, -0.2) is 32.2 Å². The standard InChI is InChI=1S/C15H15ClFN5O3/c1-7(19-15(23)24)5-9-11(17)10-12(18-6-8-3-2-4-25-8)21-14(16)22-13(10)20-9/h2-4,7,19H,5-6H2,1H3,(H,23,24)(H2,18,20,21,22)/t7-/m0/s1. The Hall–Kier alpha value is -2.81. The molecule has 0 aliphatic heterocycles. The molecule has 0 aliphatic rings. The number of hydrogen-bond donors (Lipinski definition) is 4. The summed E-state index contributed by atoms with van der Waals surface area (Å²) < 4.78 is 20.0. The number of H-pyrrole nitrogens is 1. The lowest BCUT2D eigenvalue weighted by atomic mass is 10.1. The van der Waals surface area contributed by atoms with E-state index in [0.29, 0.717) is 12.3 Å². The molecule has 25 heavy (non-hydrogen) atoms. The highest BCUT2D eigenvalue weighted by atomic mass is 35.5. The van der Waals surface area contributed by atoms with Crippen LogP contribution in [0.1, 0.15) is 18.4 Å². The topological polar surface area (TPSA) is 116 Å². The van der Waals surface area contributed by atoms with Crippen molar-refractivity contribution in [2.24, 2.45) is 0 Å². The number of carbonyl (C=O) groups is 1. The quantitative estimate of drug-likeness (QED) is 0.497. The monoisotopic (exact) mass is 367 g/mol. The highest BCUT2D eigenvalue weighted by molar-refractivity contribution is 6.28. The number of halogens is 2. The maximum atomic E-state index is 14.8. The van der Waals surface area contributed by atoms with Gasteiger partial charge < -0.3 is 25.1 Å². The molecule has 10 heteroatoms. The Morgan fingerprint density at radius 2 is 2.32 bits per heavy atom. The second kappa shape index (κ2) is 6.98. The third-order valence-electron chi connectivity index (χ3n) is 3.53. The molecular weight excluding hydrogens is 353 g/mol. The van der Waals surface area contributed by atoms with E-state index < -0.39 is 18.0 Å². The lowest BCUT2D eigenvalue weighted by molar-refractivity contribution is 0.190.